The molecule has 0 saturated carbocycles. The highest BCUT2D eigenvalue weighted by Gasteiger charge is 2.31. The zero-order valence-electron chi connectivity index (χ0n) is 12.8. The molecule has 2 atom stereocenters. The number of nitrogens with two attached hydrogens (primary N) is 1. The van der Waals surface area contributed by atoms with Crippen molar-refractivity contribution in [3.63, 3.8) is 0 Å². The van der Waals surface area contributed by atoms with Crippen molar-refractivity contribution in [2.45, 2.75) is 25.4 Å². The molecule has 1 aliphatic heterocycles. The summed E-state index contributed by atoms with van der Waals surface area (Å²) >= 11 is 0. The average Bonchev–Trinajstić information content (AvgIpc) is 2.49. The Kier molecular flexibility index (Phi) is 5.33. The fraction of sp³-hybridized carbons (Fsp3) is 0.562. The molecule has 0 spiro atoms. The molecule has 0 radical (unpaired) electrons. The molecule has 1 aliphatic rings. The summed E-state index contributed by atoms with van der Waals surface area (Å²) in [5, 5.41) is 3.02. The first-order valence-corrected chi connectivity index (χ1v) is 7.45. The molecule has 116 valence electrons. The summed E-state index contributed by atoms with van der Waals surface area (Å²) in [4.78, 5) is 14.7. The third kappa shape index (κ3) is 4.27. The minimum absolute atomic E-state index is 0.0576. The van der Waals surface area contributed by atoms with Crippen LogP contribution in [0.15, 0.2) is 30.3 Å². The quantitative estimate of drug-likeness (QED) is 0.838. The van der Waals surface area contributed by atoms with E-state index in [1.54, 1.807) is 6.92 Å². The van der Waals surface area contributed by atoms with Gasteiger partial charge in [0.1, 0.15) is 5.54 Å². The summed E-state index contributed by atoms with van der Waals surface area (Å²) in [5.74, 6) is -0.144. The van der Waals surface area contributed by atoms with Crippen LogP contribution in [0.3, 0.4) is 0 Å². The zero-order chi connectivity index (χ0) is 15.3. The van der Waals surface area contributed by atoms with E-state index in [9.17, 15) is 4.79 Å². The number of rotatable bonds is 5. The molecule has 1 heterocycles. The Morgan fingerprint density at radius 1 is 1.38 bits per heavy atom. The number of hydrogen-bond donors (Lipinski definition) is 2. The van der Waals surface area contributed by atoms with Crippen LogP contribution in [0.1, 0.15) is 19.4 Å². The van der Waals surface area contributed by atoms with E-state index < -0.39 is 5.54 Å². The molecule has 2 unspecified atom stereocenters. The van der Waals surface area contributed by atoms with Crippen LogP contribution in [0, 0.1) is 0 Å². The lowest BCUT2D eigenvalue weighted by Gasteiger charge is -2.31. The van der Waals surface area contributed by atoms with E-state index in [0.717, 1.165) is 38.4 Å². The molecule has 5 heteroatoms. The first-order chi connectivity index (χ1) is 10.00. The van der Waals surface area contributed by atoms with Crippen LogP contribution >= 0.6 is 0 Å². The molecular weight excluding hydrogens is 266 g/mol. The van der Waals surface area contributed by atoms with Crippen LogP contribution in [-0.2, 0) is 15.1 Å². The summed E-state index contributed by atoms with van der Waals surface area (Å²) in [5.41, 5.74) is 6.02. The van der Waals surface area contributed by atoms with Crippen molar-refractivity contribution in [2.75, 3.05) is 32.8 Å². The monoisotopic (exact) mass is 291 g/mol. The predicted octanol–water partition coefficient (Wildman–Crippen LogP) is 0.697. The molecule has 1 fully saturated rings. The van der Waals surface area contributed by atoms with Gasteiger partial charge in [-0.25, -0.2) is 0 Å². The second-order valence-corrected chi connectivity index (χ2v) is 5.86. The standard InChI is InChI=1S/C16H25N3O2/c1-13(12-19-8-10-21-11-9-19)18-15(20)16(2,17)14-6-4-3-5-7-14/h3-7,13H,8-12,17H2,1-2H3,(H,18,20). The van der Waals surface area contributed by atoms with E-state index in [0.29, 0.717) is 0 Å². The van der Waals surface area contributed by atoms with Gasteiger partial charge in [0.25, 0.3) is 0 Å². The van der Waals surface area contributed by atoms with Gasteiger partial charge in [-0.1, -0.05) is 30.3 Å². The van der Waals surface area contributed by atoms with Gasteiger partial charge in [-0.2, -0.15) is 0 Å². The number of carbonyl (C=O) groups excluding carboxylic acids is 1. The maximum Gasteiger partial charge on any atom is 0.244 e. The van der Waals surface area contributed by atoms with Gasteiger partial charge in [-0.15, -0.1) is 0 Å². The Morgan fingerprint density at radius 3 is 2.62 bits per heavy atom. The second-order valence-electron chi connectivity index (χ2n) is 5.86. The summed E-state index contributed by atoms with van der Waals surface area (Å²) < 4.78 is 5.33. The van der Waals surface area contributed by atoms with Crippen LogP contribution in [0.2, 0.25) is 0 Å². The van der Waals surface area contributed by atoms with E-state index in [-0.39, 0.29) is 11.9 Å². The molecule has 2 rings (SSSR count). The lowest BCUT2D eigenvalue weighted by atomic mass is 9.92. The van der Waals surface area contributed by atoms with Gasteiger partial charge in [0.15, 0.2) is 0 Å². The molecule has 0 aliphatic carbocycles. The highest BCUT2D eigenvalue weighted by molar-refractivity contribution is 5.87. The molecule has 3 N–H and O–H groups in total. The Labute approximate surface area is 126 Å². The molecule has 1 aromatic rings. The van der Waals surface area contributed by atoms with Crippen molar-refractivity contribution < 1.29 is 9.53 Å². The molecule has 1 aromatic carbocycles. The number of ether oxygens (including phenoxy) is 1. The number of benzene rings is 1. The van der Waals surface area contributed by atoms with Crippen molar-refractivity contribution >= 4 is 5.91 Å². The van der Waals surface area contributed by atoms with E-state index >= 15 is 0 Å². The van der Waals surface area contributed by atoms with Crippen molar-refractivity contribution in [3.8, 4) is 0 Å². The van der Waals surface area contributed by atoms with Gasteiger partial charge in [-0.3, -0.25) is 9.69 Å². The predicted molar refractivity (Wildman–Crippen MR) is 82.8 cm³/mol. The number of nitrogens with zero attached hydrogens (tertiary/aromatic N) is 1. The highest BCUT2D eigenvalue weighted by Crippen LogP contribution is 2.17. The van der Waals surface area contributed by atoms with Crippen LogP contribution in [0.25, 0.3) is 0 Å². The lowest BCUT2D eigenvalue weighted by Crippen LogP contribution is -2.54. The van der Waals surface area contributed by atoms with Crippen molar-refractivity contribution in [3.05, 3.63) is 35.9 Å². The summed E-state index contributed by atoms with van der Waals surface area (Å²) in [6, 6.07) is 9.52. The Balaban J connectivity index is 1.90. The lowest BCUT2D eigenvalue weighted by molar-refractivity contribution is -0.126. The van der Waals surface area contributed by atoms with Gasteiger partial charge in [-0.05, 0) is 19.4 Å². The number of hydrogen-bond acceptors (Lipinski definition) is 4. The largest absolute Gasteiger partial charge is 0.379 e. The highest BCUT2D eigenvalue weighted by atomic mass is 16.5. The fourth-order valence-corrected chi connectivity index (χ4v) is 2.51. The number of carbonyl (C=O) groups is 1. The smallest absolute Gasteiger partial charge is 0.244 e. The summed E-state index contributed by atoms with van der Waals surface area (Å²) in [7, 11) is 0. The Morgan fingerprint density at radius 2 is 2.00 bits per heavy atom. The number of amides is 1. The van der Waals surface area contributed by atoms with Crippen molar-refractivity contribution in [2.24, 2.45) is 5.73 Å². The van der Waals surface area contributed by atoms with E-state index in [1.807, 2.05) is 37.3 Å². The fourth-order valence-electron chi connectivity index (χ4n) is 2.51. The summed E-state index contributed by atoms with van der Waals surface area (Å²) in [6.07, 6.45) is 0. The third-order valence-electron chi connectivity index (χ3n) is 3.86. The van der Waals surface area contributed by atoms with Gasteiger partial charge in [0, 0.05) is 25.7 Å². The van der Waals surface area contributed by atoms with Crippen LogP contribution in [-0.4, -0.2) is 49.7 Å². The average molecular weight is 291 g/mol. The molecular formula is C16H25N3O2. The SMILES string of the molecule is CC(CN1CCOCC1)NC(=O)C(C)(N)c1ccccc1. The van der Waals surface area contributed by atoms with Crippen LogP contribution in [0.4, 0.5) is 0 Å². The minimum Gasteiger partial charge on any atom is -0.379 e. The number of morpholine rings is 1. The topological polar surface area (TPSA) is 67.6 Å². The molecule has 0 bridgehead atoms. The minimum atomic E-state index is -1.01. The maximum absolute atomic E-state index is 12.4. The van der Waals surface area contributed by atoms with Crippen molar-refractivity contribution in [1.82, 2.24) is 10.2 Å². The van der Waals surface area contributed by atoms with E-state index in [4.69, 9.17) is 10.5 Å². The van der Waals surface area contributed by atoms with Gasteiger partial charge in [0.2, 0.25) is 5.91 Å². The molecule has 0 aromatic heterocycles. The van der Waals surface area contributed by atoms with Crippen molar-refractivity contribution in [1.29, 1.82) is 0 Å². The van der Waals surface area contributed by atoms with Crippen LogP contribution < -0.4 is 11.1 Å². The van der Waals surface area contributed by atoms with E-state index in [1.165, 1.54) is 0 Å². The van der Waals surface area contributed by atoms with E-state index in [2.05, 4.69) is 10.2 Å². The molecule has 1 saturated heterocycles. The van der Waals surface area contributed by atoms with Gasteiger partial charge < -0.3 is 15.8 Å². The second kappa shape index (κ2) is 7.02. The Hall–Kier alpha value is -1.43. The Bertz CT molecular complexity index is 456. The maximum atomic E-state index is 12.4. The first kappa shape index (κ1) is 15.9. The number of nitrogens with one attached hydrogen (secondary N) is 1. The third-order valence-corrected chi connectivity index (χ3v) is 3.86. The molecule has 5 nitrogen and oxygen atoms in total. The van der Waals surface area contributed by atoms with Gasteiger partial charge >= 0.3 is 0 Å². The van der Waals surface area contributed by atoms with Crippen LogP contribution in [0.5, 0.6) is 0 Å². The zero-order valence-corrected chi connectivity index (χ0v) is 12.8. The molecule has 1 amide bonds. The summed E-state index contributed by atoms with van der Waals surface area (Å²) in [6.45, 7) is 7.93. The normalized spacial score (nSPS) is 20.5. The van der Waals surface area contributed by atoms with Gasteiger partial charge in [0.05, 0.1) is 13.2 Å². The molecule has 21 heavy (non-hydrogen) atoms. The first-order valence-electron chi connectivity index (χ1n) is 7.45.